The van der Waals surface area contributed by atoms with Crippen molar-refractivity contribution in [3.05, 3.63) is 23.3 Å². The van der Waals surface area contributed by atoms with Crippen molar-refractivity contribution >= 4 is 0 Å². The van der Waals surface area contributed by atoms with E-state index < -0.39 is 6.04 Å². The summed E-state index contributed by atoms with van der Waals surface area (Å²) in [5.41, 5.74) is 7.77. The fourth-order valence-corrected chi connectivity index (χ4v) is 1.72. The summed E-state index contributed by atoms with van der Waals surface area (Å²) in [6, 6.07) is 3.45. The van der Waals surface area contributed by atoms with Crippen molar-refractivity contribution < 1.29 is 14.6 Å². The highest BCUT2D eigenvalue weighted by molar-refractivity contribution is 5.51. The third-order valence-electron chi connectivity index (χ3n) is 2.79. The largest absolute Gasteiger partial charge is 0.493 e. The average molecular weight is 239 g/mol. The summed E-state index contributed by atoms with van der Waals surface area (Å²) in [5, 5.41) is 9.18. The van der Waals surface area contributed by atoms with E-state index in [0.29, 0.717) is 17.4 Å². The van der Waals surface area contributed by atoms with Crippen LogP contribution in [0, 0.1) is 0 Å². The Morgan fingerprint density at radius 1 is 1.24 bits per heavy atom. The second-order valence-corrected chi connectivity index (χ2v) is 4.29. The van der Waals surface area contributed by atoms with Crippen LogP contribution in [0.1, 0.15) is 36.9 Å². The van der Waals surface area contributed by atoms with Gasteiger partial charge in [-0.25, -0.2) is 0 Å². The second-order valence-electron chi connectivity index (χ2n) is 4.29. The summed E-state index contributed by atoms with van der Waals surface area (Å²) < 4.78 is 10.6. The molecule has 1 unspecified atom stereocenters. The van der Waals surface area contributed by atoms with Crippen LogP contribution >= 0.6 is 0 Å². The Morgan fingerprint density at radius 2 is 1.88 bits per heavy atom. The minimum atomic E-state index is -0.461. The van der Waals surface area contributed by atoms with Gasteiger partial charge in [-0.2, -0.15) is 0 Å². The van der Waals surface area contributed by atoms with Crippen LogP contribution in [0.15, 0.2) is 12.1 Å². The highest BCUT2D eigenvalue weighted by Crippen LogP contribution is 2.37. The Bertz CT molecular complexity index is 377. The van der Waals surface area contributed by atoms with Crippen molar-refractivity contribution in [3.63, 3.8) is 0 Å². The molecule has 0 saturated carbocycles. The average Bonchev–Trinajstić information content (AvgIpc) is 2.35. The van der Waals surface area contributed by atoms with E-state index in [0.717, 1.165) is 11.1 Å². The third-order valence-corrected chi connectivity index (χ3v) is 2.79. The molecule has 1 aromatic carbocycles. The van der Waals surface area contributed by atoms with Crippen LogP contribution in [0.3, 0.4) is 0 Å². The number of benzene rings is 1. The lowest BCUT2D eigenvalue weighted by molar-refractivity contribution is 0.263. The maximum absolute atomic E-state index is 9.18. The molecule has 4 heteroatoms. The molecule has 4 nitrogen and oxygen atoms in total. The zero-order valence-electron chi connectivity index (χ0n) is 10.9. The number of hydrogen-bond acceptors (Lipinski definition) is 4. The van der Waals surface area contributed by atoms with E-state index in [4.69, 9.17) is 15.2 Å². The first-order valence-corrected chi connectivity index (χ1v) is 5.67. The molecule has 0 aromatic heterocycles. The Morgan fingerprint density at radius 3 is 2.29 bits per heavy atom. The predicted molar refractivity (Wildman–Crippen MR) is 67.6 cm³/mol. The van der Waals surface area contributed by atoms with Crippen LogP contribution < -0.4 is 15.2 Å². The van der Waals surface area contributed by atoms with E-state index >= 15 is 0 Å². The molecule has 3 N–H and O–H groups in total. The molecule has 1 aromatic rings. The lowest BCUT2D eigenvalue weighted by Crippen LogP contribution is -2.16. The number of nitrogens with two attached hydrogens (primary N) is 1. The van der Waals surface area contributed by atoms with Gasteiger partial charge in [0.05, 0.1) is 26.9 Å². The number of rotatable bonds is 5. The van der Waals surface area contributed by atoms with Crippen LogP contribution in [-0.2, 0) is 0 Å². The molecule has 1 atom stereocenters. The summed E-state index contributed by atoms with van der Waals surface area (Å²) in [6.45, 7) is 4.06. The number of ether oxygens (including phenoxy) is 2. The standard InChI is InChI=1S/C13H21NO3/c1-8(2)9-5-10(11(14)7-15)13(17-4)12(6-9)16-3/h5-6,8,11,15H,7,14H2,1-4H3. The van der Waals surface area contributed by atoms with E-state index in [1.54, 1.807) is 14.2 Å². The van der Waals surface area contributed by atoms with Crippen LogP contribution in [0.4, 0.5) is 0 Å². The zero-order chi connectivity index (χ0) is 13.0. The van der Waals surface area contributed by atoms with Crippen LogP contribution in [0.25, 0.3) is 0 Å². The van der Waals surface area contributed by atoms with Gasteiger partial charge in [-0.1, -0.05) is 13.8 Å². The quantitative estimate of drug-likeness (QED) is 0.822. The summed E-state index contributed by atoms with van der Waals surface area (Å²) >= 11 is 0. The number of aliphatic hydroxyl groups excluding tert-OH is 1. The van der Waals surface area contributed by atoms with Crippen molar-refractivity contribution in [3.8, 4) is 11.5 Å². The summed E-state index contributed by atoms with van der Waals surface area (Å²) in [4.78, 5) is 0. The molecular formula is C13H21NO3. The molecule has 0 aliphatic heterocycles. The molecule has 0 fully saturated rings. The first-order chi connectivity index (χ1) is 8.04. The topological polar surface area (TPSA) is 64.7 Å². The number of hydrogen-bond donors (Lipinski definition) is 2. The van der Waals surface area contributed by atoms with Gasteiger partial charge in [-0.05, 0) is 23.6 Å². The van der Waals surface area contributed by atoms with E-state index in [-0.39, 0.29) is 6.61 Å². The third kappa shape index (κ3) is 2.90. The molecule has 0 heterocycles. The maximum atomic E-state index is 9.18. The molecule has 17 heavy (non-hydrogen) atoms. The van der Waals surface area contributed by atoms with Gasteiger partial charge in [0.1, 0.15) is 0 Å². The van der Waals surface area contributed by atoms with Crippen LogP contribution in [-0.4, -0.2) is 25.9 Å². The van der Waals surface area contributed by atoms with Crippen molar-refractivity contribution in [2.24, 2.45) is 5.73 Å². The first kappa shape index (κ1) is 13.8. The normalized spacial score (nSPS) is 12.6. The van der Waals surface area contributed by atoms with Gasteiger partial charge in [0, 0.05) is 5.56 Å². The van der Waals surface area contributed by atoms with Crippen molar-refractivity contribution in [2.45, 2.75) is 25.8 Å². The number of methoxy groups -OCH3 is 2. The molecular weight excluding hydrogens is 218 g/mol. The lowest BCUT2D eigenvalue weighted by Gasteiger charge is -2.19. The summed E-state index contributed by atoms with van der Waals surface area (Å²) in [6.07, 6.45) is 0. The molecule has 0 spiro atoms. The molecule has 0 amide bonds. The molecule has 0 radical (unpaired) electrons. The van der Waals surface area contributed by atoms with Gasteiger partial charge in [0.15, 0.2) is 11.5 Å². The first-order valence-electron chi connectivity index (χ1n) is 5.67. The van der Waals surface area contributed by atoms with Gasteiger partial charge in [0.2, 0.25) is 0 Å². The Balaban J connectivity index is 3.37. The predicted octanol–water partition coefficient (Wildman–Crippen LogP) is 1.82. The lowest BCUT2D eigenvalue weighted by atomic mass is 9.96. The van der Waals surface area contributed by atoms with Crippen LogP contribution in [0.2, 0.25) is 0 Å². The molecule has 96 valence electrons. The van der Waals surface area contributed by atoms with E-state index in [9.17, 15) is 5.11 Å². The van der Waals surface area contributed by atoms with Crippen molar-refractivity contribution in [2.75, 3.05) is 20.8 Å². The second kappa shape index (κ2) is 5.89. The molecule has 0 bridgehead atoms. The fraction of sp³-hybridized carbons (Fsp3) is 0.538. The Labute approximate surface area is 102 Å². The summed E-state index contributed by atoms with van der Waals surface area (Å²) in [7, 11) is 3.16. The van der Waals surface area contributed by atoms with E-state index in [2.05, 4.69) is 13.8 Å². The van der Waals surface area contributed by atoms with Gasteiger partial charge < -0.3 is 20.3 Å². The summed E-state index contributed by atoms with van der Waals surface area (Å²) in [5.74, 6) is 1.61. The molecule has 1 rings (SSSR count). The fourth-order valence-electron chi connectivity index (χ4n) is 1.72. The van der Waals surface area contributed by atoms with Gasteiger partial charge in [0.25, 0.3) is 0 Å². The van der Waals surface area contributed by atoms with Gasteiger partial charge in [-0.3, -0.25) is 0 Å². The minimum Gasteiger partial charge on any atom is -0.493 e. The van der Waals surface area contributed by atoms with E-state index in [1.165, 1.54) is 0 Å². The number of aliphatic hydroxyl groups is 1. The van der Waals surface area contributed by atoms with Crippen molar-refractivity contribution in [1.82, 2.24) is 0 Å². The molecule has 0 aliphatic carbocycles. The smallest absolute Gasteiger partial charge is 0.165 e. The Hall–Kier alpha value is -1.26. The maximum Gasteiger partial charge on any atom is 0.165 e. The highest BCUT2D eigenvalue weighted by Gasteiger charge is 2.18. The van der Waals surface area contributed by atoms with E-state index in [1.807, 2.05) is 12.1 Å². The van der Waals surface area contributed by atoms with Crippen LogP contribution in [0.5, 0.6) is 11.5 Å². The monoisotopic (exact) mass is 239 g/mol. The van der Waals surface area contributed by atoms with Crippen molar-refractivity contribution in [1.29, 1.82) is 0 Å². The highest BCUT2D eigenvalue weighted by atomic mass is 16.5. The Kier molecular flexibility index (Phi) is 4.78. The molecule has 0 aliphatic rings. The van der Waals surface area contributed by atoms with Gasteiger partial charge in [-0.15, -0.1) is 0 Å². The molecule has 0 saturated heterocycles. The van der Waals surface area contributed by atoms with Gasteiger partial charge >= 0.3 is 0 Å². The zero-order valence-corrected chi connectivity index (χ0v) is 10.9. The SMILES string of the molecule is COc1cc(C(C)C)cc(C(N)CO)c1OC. The minimum absolute atomic E-state index is 0.124.